The zero-order valence-electron chi connectivity index (χ0n) is 23.5. The van der Waals surface area contributed by atoms with Crippen molar-refractivity contribution < 1.29 is 18.0 Å². The van der Waals surface area contributed by atoms with E-state index in [2.05, 4.69) is 5.32 Å². The Bertz CT molecular complexity index is 1390. The molecule has 3 aromatic rings. The number of amides is 2. The first-order valence-electron chi connectivity index (χ1n) is 13.1. The number of carbonyl (C=O) groups is 2. The number of hydrogen-bond donors (Lipinski definition) is 1. The molecular weight excluding hydrogens is 510 g/mol. The summed E-state index contributed by atoms with van der Waals surface area (Å²) < 4.78 is 26.8. The van der Waals surface area contributed by atoms with Gasteiger partial charge in [-0.05, 0) is 55.5 Å². The molecule has 0 saturated carbocycles. The third-order valence-corrected chi connectivity index (χ3v) is 7.92. The fraction of sp³-hybridized carbons (Fsp3) is 0.355. The number of rotatable bonds is 12. The van der Waals surface area contributed by atoms with Crippen LogP contribution in [0.2, 0.25) is 0 Å². The second-order valence-electron chi connectivity index (χ2n) is 10.1. The summed E-state index contributed by atoms with van der Waals surface area (Å²) in [6.45, 7) is 6.22. The Hall–Kier alpha value is -3.65. The van der Waals surface area contributed by atoms with Gasteiger partial charge in [0.2, 0.25) is 21.8 Å². The second-order valence-corrected chi connectivity index (χ2v) is 12.0. The van der Waals surface area contributed by atoms with Gasteiger partial charge in [0.25, 0.3) is 0 Å². The summed E-state index contributed by atoms with van der Waals surface area (Å²) in [5, 5.41) is 2.72. The zero-order chi connectivity index (χ0) is 28.6. The largest absolute Gasteiger partial charge is 0.357 e. The van der Waals surface area contributed by atoms with Crippen molar-refractivity contribution in [3.8, 4) is 0 Å². The van der Waals surface area contributed by atoms with Gasteiger partial charge in [-0.25, -0.2) is 8.42 Å². The van der Waals surface area contributed by atoms with Gasteiger partial charge in [0.1, 0.15) is 6.04 Å². The van der Waals surface area contributed by atoms with Crippen LogP contribution in [0.25, 0.3) is 0 Å². The van der Waals surface area contributed by atoms with Crippen LogP contribution in [0.1, 0.15) is 40.7 Å². The van der Waals surface area contributed by atoms with Gasteiger partial charge in [-0.1, -0.05) is 72.3 Å². The average molecular weight is 550 g/mol. The molecule has 0 aliphatic rings. The van der Waals surface area contributed by atoms with Gasteiger partial charge in [-0.2, -0.15) is 0 Å². The highest BCUT2D eigenvalue weighted by Crippen LogP contribution is 2.25. The molecule has 39 heavy (non-hydrogen) atoms. The number of nitrogens with one attached hydrogen (secondary N) is 1. The predicted molar refractivity (Wildman–Crippen MR) is 157 cm³/mol. The van der Waals surface area contributed by atoms with Crippen LogP contribution in [0, 0.1) is 20.8 Å². The summed E-state index contributed by atoms with van der Waals surface area (Å²) in [6.07, 6.45) is 1.97. The molecule has 8 heteroatoms. The third-order valence-electron chi connectivity index (χ3n) is 6.74. The summed E-state index contributed by atoms with van der Waals surface area (Å²) in [5.74, 6) is -0.441. The lowest BCUT2D eigenvalue weighted by atomic mass is 10.0. The highest BCUT2D eigenvalue weighted by Gasteiger charge is 2.30. The van der Waals surface area contributed by atoms with E-state index in [1.54, 1.807) is 11.9 Å². The van der Waals surface area contributed by atoms with Crippen molar-refractivity contribution >= 4 is 27.5 Å². The topological polar surface area (TPSA) is 86.8 Å². The molecule has 208 valence electrons. The lowest BCUT2D eigenvalue weighted by Crippen LogP contribution is -2.49. The number of likely N-dealkylation sites (N-methyl/N-ethyl adjacent to an activating group) is 1. The molecule has 1 atom stereocenters. The molecule has 1 N–H and O–H groups in total. The van der Waals surface area contributed by atoms with Crippen molar-refractivity contribution in [2.45, 2.75) is 52.6 Å². The minimum Gasteiger partial charge on any atom is -0.357 e. The molecule has 2 amide bonds. The van der Waals surface area contributed by atoms with Gasteiger partial charge in [-0.3, -0.25) is 13.9 Å². The Morgan fingerprint density at radius 3 is 2.18 bits per heavy atom. The minimum absolute atomic E-state index is 0.102. The van der Waals surface area contributed by atoms with Crippen molar-refractivity contribution in [2.75, 3.05) is 24.2 Å². The fourth-order valence-corrected chi connectivity index (χ4v) is 5.71. The van der Waals surface area contributed by atoms with Gasteiger partial charge in [0, 0.05) is 33.0 Å². The molecule has 7 nitrogen and oxygen atoms in total. The van der Waals surface area contributed by atoms with Crippen molar-refractivity contribution in [3.05, 3.63) is 101 Å². The molecule has 0 heterocycles. The Morgan fingerprint density at radius 1 is 0.872 bits per heavy atom. The van der Waals surface area contributed by atoms with E-state index in [9.17, 15) is 18.0 Å². The van der Waals surface area contributed by atoms with Crippen molar-refractivity contribution in [1.82, 2.24) is 10.2 Å². The van der Waals surface area contributed by atoms with Gasteiger partial charge < -0.3 is 10.2 Å². The van der Waals surface area contributed by atoms with Gasteiger partial charge in [0.15, 0.2) is 0 Å². The maximum atomic E-state index is 13.8. The van der Waals surface area contributed by atoms with E-state index in [0.29, 0.717) is 18.5 Å². The highest BCUT2D eigenvalue weighted by atomic mass is 32.2. The standard InChI is InChI=1S/C31H39N3O4S/c1-23-11-9-14-27(19-23)22-33(29(31(36)32-4)21-26-12-7-6-8-13-26)30(35)15-10-18-34(39(5,37)38)28-20-24(2)16-17-25(28)3/h6-9,11-14,16-17,19-20,29H,10,15,18,21-22H2,1-5H3,(H,32,36)/t29-/m1/s1. The number of sulfonamides is 1. The monoisotopic (exact) mass is 549 g/mol. The van der Waals surface area contributed by atoms with E-state index >= 15 is 0 Å². The van der Waals surface area contributed by atoms with Crippen LogP contribution in [0.4, 0.5) is 5.69 Å². The van der Waals surface area contributed by atoms with E-state index in [1.165, 1.54) is 10.6 Å². The second kappa shape index (κ2) is 13.4. The summed E-state index contributed by atoms with van der Waals surface area (Å²) in [6, 6.07) is 22.5. The summed E-state index contributed by atoms with van der Waals surface area (Å²) in [7, 11) is -1.99. The highest BCUT2D eigenvalue weighted by molar-refractivity contribution is 7.92. The Kier molecular flexibility index (Phi) is 10.3. The summed E-state index contributed by atoms with van der Waals surface area (Å²) in [4.78, 5) is 28.5. The number of anilines is 1. The lowest BCUT2D eigenvalue weighted by Gasteiger charge is -2.32. The zero-order valence-corrected chi connectivity index (χ0v) is 24.3. The maximum Gasteiger partial charge on any atom is 0.242 e. The number of nitrogens with zero attached hydrogens (tertiary/aromatic N) is 2. The number of aryl methyl sites for hydroxylation is 3. The van der Waals surface area contributed by atoms with Gasteiger partial charge >= 0.3 is 0 Å². The van der Waals surface area contributed by atoms with E-state index in [0.717, 1.165) is 27.8 Å². The molecule has 0 aliphatic carbocycles. The van der Waals surface area contributed by atoms with E-state index < -0.39 is 16.1 Å². The van der Waals surface area contributed by atoms with Crippen LogP contribution >= 0.6 is 0 Å². The molecule has 0 saturated heterocycles. The number of benzene rings is 3. The molecule has 0 spiro atoms. The first-order chi connectivity index (χ1) is 18.5. The Balaban J connectivity index is 1.86. The van der Waals surface area contributed by atoms with Crippen LogP contribution in [-0.4, -0.2) is 51.0 Å². The molecule has 0 unspecified atom stereocenters. The number of hydrogen-bond acceptors (Lipinski definition) is 4. The van der Waals surface area contributed by atoms with E-state index in [4.69, 9.17) is 0 Å². The first-order valence-corrected chi connectivity index (χ1v) is 15.0. The number of carbonyl (C=O) groups excluding carboxylic acids is 2. The lowest BCUT2D eigenvalue weighted by molar-refractivity contribution is -0.141. The van der Waals surface area contributed by atoms with Crippen LogP contribution in [0.15, 0.2) is 72.8 Å². The van der Waals surface area contributed by atoms with Crippen LogP contribution in [0.5, 0.6) is 0 Å². The molecule has 3 rings (SSSR count). The molecule has 0 aromatic heterocycles. The fourth-order valence-electron chi connectivity index (χ4n) is 4.70. The molecule has 0 bridgehead atoms. The normalized spacial score (nSPS) is 12.0. The van der Waals surface area contributed by atoms with Crippen molar-refractivity contribution in [3.63, 3.8) is 0 Å². The molecule has 0 radical (unpaired) electrons. The van der Waals surface area contributed by atoms with E-state index in [-0.39, 0.29) is 31.3 Å². The van der Waals surface area contributed by atoms with Gasteiger partial charge in [-0.15, -0.1) is 0 Å². The Morgan fingerprint density at radius 2 is 1.54 bits per heavy atom. The third kappa shape index (κ3) is 8.42. The summed E-state index contributed by atoms with van der Waals surface area (Å²) >= 11 is 0. The summed E-state index contributed by atoms with van der Waals surface area (Å²) in [5.41, 5.74) is 5.37. The van der Waals surface area contributed by atoms with Crippen molar-refractivity contribution in [1.29, 1.82) is 0 Å². The maximum absolute atomic E-state index is 13.8. The first kappa shape index (κ1) is 29.9. The van der Waals surface area contributed by atoms with Crippen molar-refractivity contribution in [2.24, 2.45) is 0 Å². The average Bonchev–Trinajstić information content (AvgIpc) is 2.89. The van der Waals surface area contributed by atoms with E-state index in [1.807, 2.05) is 93.6 Å². The predicted octanol–water partition coefficient (Wildman–Crippen LogP) is 4.54. The molecular formula is C31H39N3O4S. The van der Waals surface area contributed by atoms with Crippen LogP contribution in [0.3, 0.4) is 0 Å². The Labute approximate surface area is 232 Å². The quantitative estimate of drug-likeness (QED) is 0.359. The van der Waals surface area contributed by atoms with Crippen LogP contribution < -0.4 is 9.62 Å². The smallest absolute Gasteiger partial charge is 0.242 e. The van der Waals surface area contributed by atoms with Crippen LogP contribution in [-0.2, 0) is 32.6 Å². The SMILES string of the molecule is CNC(=O)[C@@H](Cc1ccccc1)N(Cc1cccc(C)c1)C(=O)CCCN(c1cc(C)ccc1C)S(C)(=O)=O. The van der Waals surface area contributed by atoms with Gasteiger partial charge in [0.05, 0.1) is 11.9 Å². The molecule has 0 fully saturated rings. The molecule has 3 aromatic carbocycles. The molecule has 0 aliphatic heterocycles. The minimum atomic E-state index is -3.56.